The Morgan fingerprint density at radius 2 is 2.64 bits per heavy atom. The summed E-state index contributed by atoms with van der Waals surface area (Å²) in [4.78, 5) is 3.99. The first kappa shape index (κ1) is 10.8. The van der Waals surface area contributed by atoms with Crippen molar-refractivity contribution in [3.8, 4) is 0 Å². The number of nitrogens with two attached hydrogens (primary N) is 1. The van der Waals surface area contributed by atoms with Crippen LogP contribution in [0.15, 0.2) is 16.6 Å². The molecule has 7 heteroatoms. The maximum absolute atomic E-state index is 8.42. The van der Waals surface area contributed by atoms with Gasteiger partial charge in [-0.25, -0.2) is 4.98 Å². The zero-order valence-corrected chi connectivity index (χ0v) is 8.66. The molecule has 0 saturated heterocycles. The third kappa shape index (κ3) is 3.25. The lowest BCUT2D eigenvalue weighted by molar-refractivity contribution is 0.316. The molecule has 0 spiro atoms. The molecule has 0 bridgehead atoms. The fraction of sp³-hybridized carbons (Fsp3) is 0.571. The number of nitrogens with zero attached hydrogens (tertiary/aromatic N) is 3. The van der Waals surface area contributed by atoms with E-state index in [4.69, 9.17) is 10.9 Å². The highest BCUT2D eigenvalue weighted by molar-refractivity contribution is 7.99. The molecule has 14 heavy (non-hydrogen) atoms. The van der Waals surface area contributed by atoms with Crippen molar-refractivity contribution in [2.24, 2.45) is 10.9 Å². The van der Waals surface area contributed by atoms with Gasteiger partial charge in [0.2, 0.25) is 0 Å². The van der Waals surface area contributed by atoms with Crippen LogP contribution >= 0.6 is 11.8 Å². The van der Waals surface area contributed by atoms with E-state index in [1.165, 1.54) is 18.1 Å². The Morgan fingerprint density at radius 3 is 3.14 bits per heavy atom. The van der Waals surface area contributed by atoms with E-state index in [0.717, 1.165) is 11.6 Å². The van der Waals surface area contributed by atoms with Crippen molar-refractivity contribution in [1.82, 2.24) is 15.2 Å². The molecule has 0 fully saturated rings. The van der Waals surface area contributed by atoms with Gasteiger partial charge in [0, 0.05) is 11.7 Å². The van der Waals surface area contributed by atoms with Crippen LogP contribution in [-0.2, 0) is 0 Å². The van der Waals surface area contributed by atoms with E-state index in [1.54, 1.807) is 0 Å². The molecule has 1 aromatic rings. The molecule has 78 valence electrons. The predicted octanol–water partition coefficient (Wildman–Crippen LogP) is 0.812. The summed E-state index contributed by atoms with van der Waals surface area (Å²) in [5, 5.41) is 18.9. The minimum atomic E-state index is 0.240. The second-order valence-corrected chi connectivity index (χ2v) is 4.02. The quantitative estimate of drug-likeness (QED) is 0.222. The average molecular weight is 215 g/mol. The highest BCUT2D eigenvalue weighted by Gasteiger charge is 2.12. The van der Waals surface area contributed by atoms with Crippen molar-refractivity contribution < 1.29 is 5.21 Å². The number of oxime groups is 1. The molecule has 4 N–H and O–H groups in total. The lowest BCUT2D eigenvalue weighted by Crippen LogP contribution is -2.18. The van der Waals surface area contributed by atoms with E-state index < -0.39 is 0 Å². The van der Waals surface area contributed by atoms with Crippen molar-refractivity contribution in [3.63, 3.8) is 0 Å². The Hall–Kier alpha value is -1.24. The molecule has 0 aliphatic rings. The zero-order chi connectivity index (χ0) is 10.4. The molecule has 0 aliphatic carbocycles. The summed E-state index contributed by atoms with van der Waals surface area (Å²) in [6, 6.07) is 0. The van der Waals surface area contributed by atoms with Gasteiger partial charge in [0.15, 0.2) is 5.16 Å². The number of aromatic nitrogens is 3. The molecular weight excluding hydrogens is 202 g/mol. The standard InChI is InChI=1S/C7H13N5OS/c1-2-5(3-6(8)12-13)14-7-9-4-10-11-7/h4-5,13H,2-3H2,1H3,(H2,8,12)(H,9,10,11). The van der Waals surface area contributed by atoms with Gasteiger partial charge in [-0.1, -0.05) is 23.8 Å². The topological polar surface area (TPSA) is 100 Å². The predicted molar refractivity (Wildman–Crippen MR) is 54.3 cm³/mol. The fourth-order valence-corrected chi connectivity index (χ4v) is 1.90. The highest BCUT2D eigenvalue weighted by Crippen LogP contribution is 2.23. The maximum atomic E-state index is 8.42. The van der Waals surface area contributed by atoms with Gasteiger partial charge in [0.25, 0.3) is 0 Å². The number of aromatic amines is 1. The van der Waals surface area contributed by atoms with Crippen LogP contribution in [0.25, 0.3) is 0 Å². The van der Waals surface area contributed by atoms with Crippen LogP contribution in [0.2, 0.25) is 0 Å². The summed E-state index contributed by atoms with van der Waals surface area (Å²) in [6.45, 7) is 2.04. The van der Waals surface area contributed by atoms with E-state index in [1.807, 2.05) is 6.92 Å². The first-order chi connectivity index (χ1) is 6.76. The molecule has 0 aromatic carbocycles. The normalized spacial score (nSPS) is 14.2. The summed E-state index contributed by atoms with van der Waals surface area (Å²) in [7, 11) is 0. The average Bonchev–Trinajstić information content (AvgIpc) is 2.69. The highest BCUT2D eigenvalue weighted by atomic mass is 32.2. The van der Waals surface area contributed by atoms with Crippen LogP contribution in [0.3, 0.4) is 0 Å². The van der Waals surface area contributed by atoms with E-state index in [-0.39, 0.29) is 11.1 Å². The molecule has 1 atom stereocenters. The summed E-state index contributed by atoms with van der Waals surface area (Å²) >= 11 is 1.54. The molecule has 1 rings (SSSR count). The van der Waals surface area contributed by atoms with E-state index in [0.29, 0.717) is 6.42 Å². The lowest BCUT2D eigenvalue weighted by Gasteiger charge is -2.10. The third-order valence-electron chi connectivity index (χ3n) is 1.69. The van der Waals surface area contributed by atoms with Crippen LogP contribution in [0.5, 0.6) is 0 Å². The Balaban J connectivity index is 2.47. The fourth-order valence-electron chi connectivity index (χ4n) is 0.952. The summed E-state index contributed by atoms with van der Waals surface area (Å²) in [5.74, 6) is 0.240. The largest absolute Gasteiger partial charge is 0.409 e. The van der Waals surface area contributed by atoms with Crippen LogP contribution < -0.4 is 5.73 Å². The summed E-state index contributed by atoms with van der Waals surface area (Å²) < 4.78 is 0. The van der Waals surface area contributed by atoms with E-state index in [2.05, 4.69) is 20.3 Å². The molecule has 1 heterocycles. The number of nitrogens with one attached hydrogen (secondary N) is 1. The number of H-pyrrole nitrogens is 1. The van der Waals surface area contributed by atoms with Crippen molar-refractivity contribution in [3.05, 3.63) is 6.33 Å². The molecule has 0 amide bonds. The molecule has 0 radical (unpaired) electrons. The molecule has 0 aliphatic heterocycles. The number of rotatable bonds is 5. The van der Waals surface area contributed by atoms with Gasteiger partial charge in [-0.05, 0) is 6.42 Å². The van der Waals surface area contributed by atoms with Crippen LogP contribution in [0, 0.1) is 0 Å². The third-order valence-corrected chi connectivity index (χ3v) is 2.95. The molecule has 1 aromatic heterocycles. The number of thioether (sulfide) groups is 1. The molecule has 6 nitrogen and oxygen atoms in total. The van der Waals surface area contributed by atoms with Gasteiger partial charge in [-0.15, -0.1) is 0 Å². The van der Waals surface area contributed by atoms with Crippen LogP contribution in [-0.4, -0.2) is 31.5 Å². The molecule has 0 saturated carbocycles. The van der Waals surface area contributed by atoms with Gasteiger partial charge in [-0.3, -0.25) is 5.10 Å². The number of amidine groups is 1. The smallest absolute Gasteiger partial charge is 0.183 e. The first-order valence-electron chi connectivity index (χ1n) is 4.24. The van der Waals surface area contributed by atoms with Gasteiger partial charge in [0.1, 0.15) is 12.2 Å². The van der Waals surface area contributed by atoms with Gasteiger partial charge < -0.3 is 10.9 Å². The van der Waals surface area contributed by atoms with Crippen LogP contribution in [0.4, 0.5) is 0 Å². The van der Waals surface area contributed by atoms with Crippen molar-refractivity contribution in [2.45, 2.75) is 30.2 Å². The first-order valence-corrected chi connectivity index (χ1v) is 5.12. The van der Waals surface area contributed by atoms with E-state index >= 15 is 0 Å². The summed E-state index contributed by atoms with van der Waals surface area (Å²) in [6.07, 6.45) is 2.92. The Bertz CT molecular complexity index is 286. The number of hydrogen-bond donors (Lipinski definition) is 3. The minimum absolute atomic E-state index is 0.240. The second-order valence-electron chi connectivity index (χ2n) is 2.73. The van der Waals surface area contributed by atoms with Crippen molar-refractivity contribution in [1.29, 1.82) is 0 Å². The molecular formula is C7H13N5OS. The summed E-state index contributed by atoms with van der Waals surface area (Å²) in [5.41, 5.74) is 5.42. The monoisotopic (exact) mass is 215 g/mol. The lowest BCUT2D eigenvalue weighted by atomic mass is 10.2. The zero-order valence-electron chi connectivity index (χ0n) is 7.84. The Labute approximate surface area is 86.0 Å². The van der Waals surface area contributed by atoms with E-state index in [9.17, 15) is 0 Å². The minimum Gasteiger partial charge on any atom is -0.409 e. The van der Waals surface area contributed by atoms with Gasteiger partial charge in [0.05, 0.1) is 0 Å². The van der Waals surface area contributed by atoms with Crippen LogP contribution in [0.1, 0.15) is 19.8 Å². The maximum Gasteiger partial charge on any atom is 0.183 e. The Morgan fingerprint density at radius 1 is 1.86 bits per heavy atom. The SMILES string of the molecule is CCC(C/C(N)=N/O)Sc1ncn[nH]1. The second kappa shape index (κ2) is 5.48. The Kier molecular flexibility index (Phi) is 4.24. The van der Waals surface area contributed by atoms with Gasteiger partial charge in [-0.2, -0.15) is 5.10 Å². The van der Waals surface area contributed by atoms with Crippen molar-refractivity contribution >= 4 is 17.6 Å². The molecule has 1 unspecified atom stereocenters. The van der Waals surface area contributed by atoms with Crippen molar-refractivity contribution in [2.75, 3.05) is 0 Å². The number of hydrogen-bond acceptors (Lipinski definition) is 5. The van der Waals surface area contributed by atoms with Gasteiger partial charge >= 0.3 is 0 Å².